The van der Waals surface area contributed by atoms with Crippen LogP contribution in [0.1, 0.15) is 49.7 Å². The third kappa shape index (κ3) is 2.29. The molecular weight excluding hydrogens is 236 g/mol. The van der Waals surface area contributed by atoms with Crippen LogP contribution in [0.3, 0.4) is 0 Å². The van der Waals surface area contributed by atoms with Gasteiger partial charge in [-0.25, -0.2) is 0 Å². The van der Waals surface area contributed by atoms with Crippen LogP contribution < -0.4 is 5.32 Å². The predicted molar refractivity (Wildman–Crippen MR) is 76.3 cm³/mol. The van der Waals surface area contributed by atoms with Gasteiger partial charge in [-0.15, -0.1) is 0 Å². The van der Waals surface area contributed by atoms with Crippen LogP contribution in [0.25, 0.3) is 0 Å². The molecule has 3 nitrogen and oxygen atoms in total. The molecule has 1 saturated carbocycles. The fraction of sp³-hybridized carbons (Fsp3) is 0.500. The van der Waals surface area contributed by atoms with Crippen LogP contribution in [0.4, 0.5) is 0 Å². The number of carbonyl (C=O) groups excluding carboxylic acids is 1. The van der Waals surface area contributed by atoms with Crippen LogP contribution in [0.15, 0.2) is 29.3 Å². The number of aliphatic imine (C=N–C) groups is 1. The predicted octanol–water partition coefficient (Wildman–Crippen LogP) is 2.96. The molecule has 100 valence electrons. The van der Waals surface area contributed by atoms with Crippen molar-refractivity contribution in [2.75, 3.05) is 0 Å². The fourth-order valence-electron chi connectivity index (χ4n) is 3.13. The van der Waals surface area contributed by atoms with E-state index < -0.39 is 0 Å². The lowest BCUT2D eigenvalue weighted by molar-refractivity contribution is -0.115. The largest absolute Gasteiger partial charge is 0.326 e. The summed E-state index contributed by atoms with van der Waals surface area (Å²) in [6, 6.07) is 7.98. The highest BCUT2D eigenvalue weighted by Gasteiger charge is 2.39. The molecule has 1 aliphatic carbocycles. The van der Waals surface area contributed by atoms with E-state index in [1.807, 2.05) is 31.2 Å². The quantitative estimate of drug-likeness (QED) is 0.824. The van der Waals surface area contributed by atoms with E-state index in [2.05, 4.69) is 5.32 Å². The van der Waals surface area contributed by atoms with Crippen LogP contribution in [0, 0.1) is 6.92 Å². The monoisotopic (exact) mass is 256 g/mol. The van der Waals surface area contributed by atoms with Gasteiger partial charge in [-0.1, -0.05) is 37.1 Å². The van der Waals surface area contributed by atoms with Crippen molar-refractivity contribution in [2.24, 2.45) is 4.99 Å². The Morgan fingerprint density at radius 2 is 1.79 bits per heavy atom. The molecule has 1 fully saturated rings. The maximum atomic E-state index is 12.3. The third-order valence-electron chi connectivity index (χ3n) is 4.22. The van der Waals surface area contributed by atoms with Gasteiger partial charge in [-0.3, -0.25) is 9.79 Å². The third-order valence-corrected chi connectivity index (χ3v) is 4.22. The summed E-state index contributed by atoms with van der Waals surface area (Å²) < 4.78 is 0. The molecule has 3 heteroatoms. The number of carbonyl (C=O) groups is 1. The first-order chi connectivity index (χ1) is 9.20. The standard InChI is InChI=1S/C16H20N2O/c1-12-8-4-5-9-13(12)14-15(19)18-16(17-14)10-6-2-3-7-11-16/h4-5,8-9H,2-3,6-7,10-11H2,1H3,(H,18,19). The van der Waals surface area contributed by atoms with Gasteiger partial charge >= 0.3 is 0 Å². The second-order valence-corrected chi connectivity index (χ2v) is 5.68. The second-order valence-electron chi connectivity index (χ2n) is 5.68. The van der Waals surface area contributed by atoms with Gasteiger partial charge in [0.25, 0.3) is 5.91 Å². The summed E-state index contributed by atoms with van der Waals surface area (Å²) in [6.45, 7) is 2.03. The van der Waals surface area contributed by atoms with Crippen molar-refractivity contribution in [3.8, 4) is 0 Å². The summed E-state index contributed by atoms with van der Waals surface area (Å²) in [5.41, 5.74) is 2.40. The zero-order valence-corrected chi connectivity index (χ0v) is 11.4. The molecule has 0 radical (unpaired) electrons. The van der Waals surface area contributed by atoms with Crippen LogP contribution in [-0.2, 0) is 4.79 Å². The van der Waals surface area contributed by atoms with E-state index in [1.165, 1.54) is 12.8 Å². The topological polar surface area (TPSA) is 41.5 Å². The molecule has 0 bridgehead atoms. The van der Waals surface area contributed by atoms with Gasteiger partial charge in [0, 0.05) is 5.56 Å². The Kier molecular flexibility index (Phi) is 3.13. The van der Waals surface area contributed by atoms with E-state index in [9.17, 15) is 4.79 Å². The molecule has 3 rings (SSSR count). The molecule has 1 N–H and O–H groups in total. The van der Waals surface area contributed by atoms with Gasteiger partial charge in [0.15, 0.2) is 0 Å². The molecule has 1 aromatic rings. The highest BCUT2D eigenvalue weighted by molar-refractivity contribution is 6.47. The molecule has 0 unspecified atom stereocenters. The lowest BCUT2D eigenvalue weighted by atomic mass is 10.0. The fourth-order valence-corrected chi connectivity index (χ4v) is 3.13. The Morgan fingerprint density at radius 3 is 2.47 bits per heavy atom. The van der Waals surface area contributed by atoms with Crippen molar-refractivity contribution in [1.29, 1.82) is 0 Å². The van der Waals surface area contributed by atoms with Gasteiger partial charge in [-0.2, -0.15) is 0 Å². The number of nitrogens with one attached hydrogen (secondary N) is 1. The molecule has 2 aliphatic rings. The smallest absolute Gasteiger partial charge is 0.272 e. The summed E-state index contributed by atoms with van der Waals surface area (Å²) in [5, 5.41) is 3.14. The summed E-state index contributed by atoms with van der Waals surface area (Å²) in [7, 11) is 0. The number of hydrogen-bond donors (Lipinski definition) is 1. The Labute approximate surface area is 114 Å². The average molecular weight is 256 g/mol. The van der Waals surface area contributed by atoms with Gasteiger partial charge in [-0.05, 0) is 38.2 Å². The number of nitrogens with zero attached hydrogens (tertiary/aromatic N) is 1. The number of amides is 1. The van der Waals surface area contributed by atoms with Gasteiger partial charge in [0.1, 0.15) is 11.4 Å². The van der Waals surface area contributed by atoms with E-state index in [0.29, 0.717) is 5.71 Å². The minimum atomic E-state index is -0.314. The highest BCUT2D eigenvalue weighted by atomic mass is 16.2. The molecule has 0 aromatic heterocycles. The number of hydrogen-bond acceptors (Lipinski definition) is 2. The Bertz CT molecular complexity index is 525. The van der Waals surface area contributed by atoms with Crippen molar-refractivity contribution in [3.63, 3.8) is 0 Å². The highest BCUT2D eigenvalue weighted by Crippen LogP contribution is 2.32. The second kappa shape index (κ2) is 4.80. The van der Waals surface area contributed by atoms with Crippen molar-refractivity contribution < 1.29 is 4.79 Å². The van der Waals surface area contributed by atoms with E-state index >= 15 is 0 Å². The first kappa shape index (κ1) is 12.4. The zero-order chi connectivity index (χ0) is 13.3. The number of benzene rings is 1. The maximum Gasteiger partial charge on any atom is 0.272 e. The molecule has 1 amide bonds. The van der Waals surface area contributed by atoms with Crippen LogP contribution >= 0.6 is 0 Å². The summed E-state index contributed by atoms with van der Waals surface area (Å²) in [5.74, 6) is -0.00352. The van der Waals surface area contributed by atoms with Crippen molar-refractivity contribution in [1.82, 2.24) is 5.32 Å². The Morgan fingerprint density at radius 1 is 1.11 bits per heavy atom. The first-order valence-corrected chi connectivity index (χ1v) is 7.19. The van der Waals surface area contributed by atoms with Gasteiger partial charge in [0.2, 0.25) is 0 Å². The van der Waals surface area contributed by atoms with Gasteiger partial charge in [0.05, 0.1) is 0 Å². The molecule has 1 heterocycles. The minimum absolute atomic E-state index is 0.00352. The zero-order valence-electron chi connectivity index (χ0n) is 11.4. The Balaban J connectivity index is 1.97. The van der Waals surface area contributed by atoms with Gasteiger partial charge < -0.3 is 5.32 Å². The maximum absolute atomic E-state index is 12.3. The summed E-state index contributed by atoms with van der Waals surface area (Å²) in [4.78, 5) is 17.1. The molecule has 1 spiro atoms. The lowest BCUT2D eigenvalue weighted by Gasteiger charge is -2.24. The SMILES string of the molecule is Cc1ccccc1C1=NC2(CCCCCC2)NC1=O. The Hall–Kier alpha value is -1.64. The van der Waals surface area contributed by atoms with Crippen LogP contribution in [0.2, 0.25) is 0 Å². The van der Waals surface area contributed by atoms with E-state index in [-0.39, 0.29) is 11.6 Å². The van der Waals surface area contributed by atoms with Crippen LogP contribution in [0.5, 0.6) is 0 Å². The summed E-state index contributed by atoms with van der Waals surface area (Å²) in [6.07, 6.45) is 6.79. The van der Waals surface area contributed by atoms with Crippen molar-refractivity contribution in [2.45, 2.75) is 51.1 Å². The van der Waals surface area contributed by atoms with E-state index in [4.69, 9.17) is 4.99 Å². The summed E-state index contributed by atoms with van der Waals surface area (Å²) >= 11 is 0. The van der Waals surface area contributed by atoms with Crippen molar-refractivity contribution >= 4 is 11.6 Å². The number of aryl methyl sites for hydroxylation is 1. The molecule has 1 aromatic carbocycles. The van der Waals surface area contributed by atoms with E-state index in [1.54, 1.807) is 0 Å². The van der Waals surface area contributed by atoms with E-state index in [0.717, 1.165) is 36.8 Å². The average Bonchev–Trinajstić information content (AvgIpc) is 2.58. The molecule has 19 heavy (non-hydrogen) atoms. The molecule has 0 atom stereocenters. The molecular formula is C16H20N2O. The van der Waals surface area contributed by atoms with Crippen molar-refractivity contribution in [3.05, 3.63) is 35.4 Å². The lowest BCUT2D eigenvalue weighted by Crippen LogP contribution is -2.42. The first-order valence-electron chi connectivity index (χ1n) is 7.19. The minimum Gasteiger partial charge on any atom is -0.326 e. The molecule has 0 saturated heterocycles. The number of rotatable bonds is 1. The molecule has 1 aliphatic heterocycles. The van der Waals surface area contributed by atoms with Crippen LogP contribution in [-0.4, -0.2) is 17.3 Å². The normalized spacial score (nSPS) is 21.9.